The van der Waals surface area contributed by atoms with E-state index in [-0.39, 0.29) is 5.11 Å². The van der Waals surface area contributed by atoms with E-state index in [0.717, 1.165) is 43.3 Å². The molecule has 1 heterocycles. The minimum atomic E-state index is 0.162. The Morgan fingerprint density at radius 3 is 2.54 bits per heavy atom. The second-order valence-corrected chi connectivity index (χ2v) is 7.10. The lowest BCUT2D eigenvalue weighted by atomic mass is 10.1. The van der Waals surface area contributed by atoms with Gasteiger partial charge in [0.1, 0.15) is 0 Å². The standard InChI is InChI=1S/C19H22ClN5S/c20-17-2-1-3-18(12-17)25-10-8-24(9-11-25)14-16-6-4-15(5-7-16)13-22-23-19(21)26/h1-7,12-13H,8-11,14H2,(H3,21,23,26). The molecule has 1 saturated heterocycles. The first-order chi connectivity index (χ1) is 12.6. The maximum atomic E-state index is 6.10. The number of nitrogens with two attached hydrogens (primary N) is 1. The first-order valence-corrected chi connectivity index (χ1v) is 9.29. The Kier molecular flexibility index (Phi) is 6.44. The molecule has 3 rings (SSSR count). The van der Waals surface area contributed by atoms with Crippen molar-refractivity contribution in [1.82, 2.24) is 10.3 Å². The van der Waals surface area contributed by atoms with Crippen LogP contribution in [0.15, 0.2) is 53.6 Å². The molecule has 0 unspecified atom stereocenters. The molecule has 1 fully saturated rings. The highest BCUT2D eigenvalue weighted by atomic mass is 35.5. The van der Waals surface area contributed by atoms with Crippen molar-refractivity contribution >= 4 is 40.8 Å². The van der Waals surface area contributed by atoms with Crippen molar-refractivity contribution in [3.63, 3.8) is 0 Å². The summed E-state index contributed by atoms with van der Waals surface area (Å²) < 4.78 is 0. The third kappa shape index (κ3) is 5.42. The highest BCUT2D eigenvalue weighted by molar-refractivity contribution is 7.80. The Labute approximate surface area is 164 Å². The van der Waals surface area contributed by atoms with E-state index in [0.29, 0.717) is 0 Å². The van der Waals surface area contributed by atoms with E-state index in [4.69, 9.17) is 29.6 Å². The highest BCUT2D eigenvalue weighted by Gasteiger charge is 2.17. The number of hydrogen-bond acceptors (Lipinski definition) is 4. The van der Waals surface area contributed by atoms with E-state index in [1.54, 1.807) is 6.21 Å². The van der Waals surface area contributed by atoms with E-state index >= 15 is 0 Å². The van der Waals surface area contributed by atoms with Gasteiger partial charge in [0.25, 0.3) is 0 Å². The average molecular weight is 388 g/mol. The van der Waals surface area contributed by atoms with Crippen LogP contribution >= 0.6 is 23.8 Å². The van der Waals surface area contributed by atoms with Gasteiger partial charge in [0, 0.05) is 43.4 Å². The number of anilines is 1. The van der Waals surface area contributed by atoms with Gasteiger partial charge in [-0.3, -0.25) is 10.3 Å². The van der Waals surface area contributed by atoms with Crippen molar-refractivity contribution in [2.75, 3.05) is 31.1 Å². The van der Waals surface area contributed by atoms with E-state index in [1.165, 1.54) is 11.3 Å². The quantitative estimate of drug-likeness (QED) is 0.469. The summed E-state index contributed by atoms with van der Waals surface area (Å²) in [7, 11) is 0. The topological polar surface area (TPSA) is 56.9 Å². The minimum absolute atomic E-state index is 0.162. The third-order valence-corrected chi connectivity index (χ3v) is 4.65. The molecule has 2 aromatic rings. The van der Waals surface area contributed by atoms with Crippen LogP contribution in [0.2, 0.25) is 5.02 Å². The van der Waals surface area contributed by atoms with Crippen molar-refractivity contribution in [3.8, 4) is 0 Å². The number of thiocarbonyl (C=S) groups is 1. The zero-order valence-corrected chi connectivity index (χ0v) is 16.0. The Bertz CT molecular complexity index is 770. The van der Waals surface area contributed by atoms with Crippen LogP contribution in [0.25, 0.3) is 0 Å². The molecule has 0 amide bonds. The monoisotopic (exact) mass is 387 g/mol. The molecular formula is C19H22ClN5S. The molecule has 0 bridgehead atoms. The molecule has 5 nitrogen and oxygen atoms in total. The summed E-state index contributed by atoms with van der Waals surface area (Å²) in [6.45, 7) is 5.04. The van der Waals surface area contributed by atoms with Gasteiger partial charge in [-0.1, -0.05) is 41.9 Å². The van der Waals surface area contributed by atoms with E-state index in [2.05, 4.69) is 38.5 Å². The van der Waals surface area contributed by atoms with Gasteiger partial charge in [-0.05, 0) is 41.5 Å². The molecule has 7 heteroatoms. The maximum absolute atomic E-state index is 6.10. The fourth-order valence-electron chi connectivity index (χ4n) is 2.97. The number of nitrogens with one attached hydrogen (secondary N) is 1. The van der Waals surface area contributed by atoms with Crippen LogP contribution in [0, 0.1) is 0 Å². The van der Waals surface area contributed by atoms with Crippen LogP contribution in [0.4, 0.5) is 5.69 Å². The van der Waals surface area contributed by atoms with Crippen molar-refractivity contribution in [3.05, 3.63) is 64.7 Å². The predicted molar refractivity (Wildman–Crippen MR) is 113 cm³/mol. The molecule has 0 spiro atoms. The summed E-state index contributed by atoms with van der Waals surface area (Å²) in [5.41, 5.74) is 11.4. The van der Waals surface area contributed by atoms with Gasteiger partial charge in [0.15, 0.2) is 5.11 Å². The SMILES string of the molecule is NC(=S)NN=Cc1ccc(CN2CCN(c3cccc(Cl)c3)CC2)cc1. The minimum Gasteiger partial charge on any atom is -0.375 e. The van der Waals surface area contributed by atoms with Crippen molar-refractivity contribution < 1.29 is 0 Å². The molecule has 2 aromatic carbocycles. The van der Waals surface area contributed by atoms with Gasteiger partial charge in [-0.15, -0.1) is 0 Å². The van der Waals surface area contributed by atoms with Gasteiger partial charge >= 0.3 is 0 Å². The number of hydrogen-bond donors (Lipinski definition) is 2. The number of hydrazone groups is 1. The number of rotatable bonds is 5. The molecule has 0 aromatic heterocycles. The van der Waals surface area contributed by atoms with Crippen LogP contribution in [0.3, 0.4) is 0 Å². The van der Waals surface area contributed by atoms with Gasteiger partial charge < -0.3 is 10.6 Å². The fraction of sp³-hybridized carbons (Fsp3) is 0.263. The Morgan fingerprint density at radius 2 is 1.88 bits per heavy atom. The largest absolute Gasteiger partial charge is 0.375 e. The van der Waals surface area contributed by atoms with E-state index in [9.17, 15) is 0 Å². The normalized spacial score (nSPS) is 15.3. The van der Waals surface area contributed by atoms with Crippen LogP contribution in [-0.2, 0) is 6.54 Å². The first kappa shape index (κ1) is 18.6. The van der Waals surface area contributed by atoms with Crippen LogP contribution < -0.4 is 16.1 Å². The highest BCUT2D eigenvalue weighted by Crippen LogP contribution is 2.21. The lowest BCUT2D eigenvalue weighted by molar-refractivity contribution is 0.250. The number of halogens is 1. The summed E-state index contributed by atoms with van der Waals surface area (Å²) in [4.78, 5) is 4.86. The summed E-state index contributed by atoms with van der Waals surface area (Å²) in [6.07, 6.45) is 1.70. The van der Waals surface area contributed by atoms with Crippen molar-refractivity contribution in [2.45, 2.75) is 6.54 Å². The second-order valence-electron chi connectivity index (χ2n) is 6.22. The predicted octanol–water partition coefficient (Wildman–Crippen LogP) is 2.83. The smallest absolute Gasteiger partial charge is 0.184 e. The summed E-state index contributed by atoms with van der Waals surface area (Å²) in [5, 5.41) is 4.91. The summed E-state index contributed by atoms with van der Waals surface area (Å²) in [6, 6.07) is 16.4. The lowest BCUT2D eigenvalue weighted by Gasteiger charge is -2.36. The van der Waals surface area contributed by atoms with Gasteiger partial charge in [-0.25, -0.2) is 0 Å². The average Bonchev–Trinajstić information content (AvgIpc) is 2.63. The molecule has 26 heavy (non-hydrogen) atoms. The van der Waals surface area contributed by atoms with Crippen molar-refractivity contribution in [2.24, 2.45) is 10.8 Å². The molecule has 3 N–H and O–H groups in total. The molecular weight excluding hydrogens is 366 g/mol. The third-order valence-electron chi connectivity index (χ3n) is 4.32. The number of piperazine rings is 1. The number of benzene rings is 2. The molecule has 0 saturated carbocycles. The molecule has 0 radical (unpaired) electrons. The summed E-state index contributed by atoms with van der Waals surface area (Å²) in [5.74, 6) is 0. The molecule has 1 aliphatic rings. The van der Waals surface area contributed by atoms with Gasteiger partial charge in [0.2, 0.25) is 0 Å². The van der Waals surface area contributed by atoms with E-state index < -0.39 is 0 Å². The van der Waals surface area contributed by atoms with Gasteiger partial charge in [-0.2, -0.15) is 5.10 Å². The zero-order valence-electron chi connectivity index (χ0n) is 14.4. The van der Waals surface area contributed by atoms with Gasteiger partial charge in [0.05, 0.1) is 6.21 Å². The first-order valence-electron chi connectivity index (χ1n) is 8.50. The van der Waals surface area contributed by atoms with Crippen LogP contribution in [0.1, 0.15) is 11.1 Å². The zero-order chi connectivity index (χ0) is 18.4. The summed E-state index contributed by atoms with van der Waals surface area (Å²) >= 11 is 10.8. The molecule has 136 valence electrons. The molecule has 0 atom stereocenters. The lowest BCUT2D eigenvalue weighted by Crippen LogP contribution is -2.45. The Hall–Kier alpha value is -2.15. The molecule has 0 aliphatic carbocycles. The number of nitrogens with zero attached hydrogens (tertiary/aromatic N) is 3. The van der Waals surface area contributed by atoms with Crippen LogP contribution in [0.5, 0.6) is 0 Å². The molecule has 1 aliphatic heterocycles. The Balaban J connectivity index is 1.50. The van der Waals surface area contributed by atoms with E-state index in [1.807, 2.05) is 30.3 Å². The van der Waals surface area contributed by atoms with Crippen molar-refractivity contribution in [1.29, 1.82) is 0 Å². The second kappa shape index (κ2) is 8.98. The van der Waals surface area contributed by atoms with Crippen LogP contribution in [-0.4, -0.2) is 42.4 Å². The maximum Gasteiger partial charge on any atom is 0.184 e. The fourth-order valence-corrected chi connectivity index (χ4v) is 3.21. The Morgan fingerprint density at radius 1 is 1.15 bits per heavy atom.